The molecular weight excluding hydrogens is 274 g/mol. The molecule has 0 spiro atoms. The molecule has 1 heterocycles. The number of rotatable bonds is 3. The van der Waals surface area contributed by atoms with Crippen molar-refractivity contribution in [2.75, 3.05) is 20.3 Å². The molecular formula is C15H23NO5. The van der Waals surface area contributed by atoms with Crippen molar-refractivity contribution >= 4 is 12.1 Å². The molecule has 0 unspecified atom stereocenters. The van der Waals surface area contributed by atoms with Gasteiger partial charge in [-0.3, -0.25) is 4.90 Å². The zero-order valence-electron chi connectivity index (χ0n) is 13.2. The summed E-state index contributed by atoms with van der Waals surface area (Å²) in [6, 6.07) is -0.890. The number of carbonyl (C=O) groups is 2. The Morgan fingerprint density at radius 1 is 1.48 bits per heavy atom. The third-order valence-corrected chi connectivity index (χ3v) is 3.85. The summed E-state index contributed by atoms with van der Waals surface area (Å²) in [6.45, 7) is 6.99. The van der Waals surface area contributed by atoms with Crippen LogP contribution in [0.4, 0.5) is 4.79 Å². The zero-order valence-corrected chi connectivity index (χ0v) is 13.2. The summed E-state index contributed by atoms with van der Waals surface area (Å²) in [6.07, 6.45) is 3.82. The summed E-state index contributed by atoms with van der Waals surface area (Å²) in [4.78, 5) is 25.3. The van der Waals surface area contributed by atoms with Gasteiger partial charge in [0.1, 0.15) is 12.6 Å². The van der Waals surface area contributed by atoms with Crippen molar-refractivity contribution < 1.29 is 24.2 Å². The average molecular weight is 297 g/mol. The number of hydrogen-bond donors (Lipinski definition) is 1. The van der Waals surface area contributed by atoms with Gasteiger partial charge in [-0.05, 0) is 13.8 Å². The molecule has 1 aliphatic heterocycles. The number of carbonyl (C=O) groups excluding carboxylic acids is 2. The Morgan fingerprint density at radius 3 is 2.52 bits per heavy atom. The normalized spacial score (nSPS) is 24.3. The maximum Gasteiger partial charge on any atom is 0.410 e. The molecule has 0 aliphatic carbocycles. The van der Waals surface area contributed by atoms with Crippen LogP contribution in [0.25, 0.3) is 0 Å². The van der Waals surface area contributed by atoms with Gasteiger partial charge >= 0.3 is 12.1 Å². The molecule has 0 aromatic heterocycles. The van der Waals surface area contributed by atoms with Crippen LogP contribution in [0.15, 0.2) is 0 Å². The molecule has 0 bridgehead atoms. The number of likely N-dealkylation sites (tertiary alicyclic amines) is 1. The summed E-state index contributed by atoms with van der Waals surface area (Å²) in [7, 11) is 1.24. The molecule has 0 aromatic rings. The summed E-state index contributed by atoms with van der Waals surface area (Å²) >= 11 is 0. The van der Waals surface area contributed by atoms with E-state index in [1.807, 2.05) is 0 Å². The molecule has 118 valence electrons. The fourth-order valence-corrected chi connectivity index (χ4v) is 2.20. The fourth-order valence-electron chi connectivity index (χ4n) is 2.20. The Labute approximate surface area is 125 Å². The number of aliphatic hydroxyl groups is 1. The van der Waals surface area contributed by atoms with E-state index in [0.717, 1.165) is 0 Å². The minimum absolute atomic E-state index is 0.0160. The third kappa shape index (κ3) is 3.48. The highest BCUT2D eigenvalue weighted by atomic mass is 16.6. The molecule has 0 aromatic carbocycles. The maximum absolute atomic E-state index is 12.2. The number of terminal acetylenes is 1. The van der Waals surface area contributed by atoms with Crippen LogP contribution in [0.2, 0.25) is 0 Å². The van der Waals surface area contributed by atoms with Gasteiger partial charge in [-0.25, -0.2) is 9.59 Å². The topological polar surface area (TPSA) is 76.1 Å². The van der Waals surface area contributed by atoms with E-state index < -0.39 is 35.0 Å². The van der Waals surface area contributed by atoms with E-state index >= 15 is 0 Å². The van der Waals surface area contributed by atoms with Crippen LogP contribution < -0.4 is 0 Å². The van der Waals surface area contributed by atoms with Crippen LogP contribution in [0.3, 0.4) is 0 Å². The largest absolute Gasteiger partial charge is 0.467 e. The summed E-state index contributed by atoms with van der Waals surface area (Å²) in [5.74, 6) is 1.94. The molecule has 6 nitrogen and oxygen atoms in total. The van der Waals surface area contributed by atoms with Gasteiger partial charge in [-0.15, -0.1) is 6.42 Å². The maximum atomic E-state index is 12.2. The van der Waals surface area contributed by atoms with Crippen molar-refractivity contribution in [2.45, 2.75) is 39.8 Å². The molecule has 0 saturated carbocycles. The van der Waals surface area contributed by atoms with E-state index in [0.29, 0.717) is 0 Å². The first kappa shape index (κ1) is 17.3. The van der Waals surface area contributed by atoms with Crippen molar-refractivity contribution in [2.24, 2.45) is 10.8 Å². The number of amides is 1. The fraction of sp³-hybridized carbons (Fsp3) is 0.733. The molecule has 2 atom stereocenters. The first-order valence-corrected chi connectivity index (χ1v) is 6.74. The Kier molecular flexibility index (Phi) is 4.90. The van der Waals surface area contributed by atoms with Crippen LogP contribution in [0.5, 0.6) is 0 Å². The van der Waals surface area contributed by atoms with E-state index in [-0.39, 0.29) is 13.2 Å². The third-order valence-electron chi connectivity index (χ3n) is 3.85. The monoisotopic (exact) mass is 297 g/mol. The lowest BCUT2D eigenvalue weighted by molar-refractivity contribution is -0.149. The van der Waals surface area contributed by atoms with Gasteiger partial charge in [0.15, 0.2) is 0 Å². The molecule has 1 saturated heterocycles. The van der Waals surface area contributed by atoms with Crippen molar-refractivity contribution in [1.29, 1.82) is 0 Å². The zero-order chi connectivity index (χ0) is 16.4. The number of ether oxygens (including phenoxy) is 2. The highest BCUT2D eigenvalue weighted by Gasteiger charge is 2.54. The molecule has 21 heavy (non-hydrogen) atoms. The van der Waals surface area contributed by atoms with Crippen molar-refractivity contribution in [1.82, 2.24) is 4.90 Å². The van der Waals surface area contributed by atoms with E-state index in [9.17, 15) is 14.7 Å². The summed E-state index contributed by atoms with van der Waals surface area (Å²) < 4.78 is 9.91. The van der Waals surface area contributed by atoms with Crippen LogP contribution in [0.1, 0.15) is 27.7 Å². The Bertz CT molecular complexity index is 463. The minimum Gasteiger partial charge on any atom is -0.467 e. The molecule has 6 heteroatoms. The highest BCUT2D eigenvalue weighted by Crippen LogP contribution is 2.37. The Balaban J connectivity index is 2.88. The first-order chi connectivity index (χ1) is 9.56. The van der Waals surface area contributed by atoms with Crippen molar-refractivity contribution in [3.63, 3.8) is 0 Å². The lowest BCUT2D eigenvalue weighted by atomic mass is 9.82. The van der Waals surface area contributed by atoms with Crippen LogP contribution >= 0.6 is 0 Å². The van der Waals surface area contributed by atoms with Gasteiger partial charge in [-0.2, -0.15) is 0 Å². The minimum atomic E-state index is -0.890. The van der Waals surface area contributed by atoms with E-state index in [1.165, 1.54) is 12.0 Å². The molecule has 1 amide bonds. The number of esters is 1. The van der Waals surface area contributed by atoms with Gasteiger partial charge < -0.3 is 14.6 Å². The Morgan fingerprint density at radius 2 is 2.05 bits per heavy atom. The standard InChI is InChI=1S/C15H23NO5/c1-7-14(2,3)9-21-13(19)16-8-10(17)15(4,5)11(16)12(18)20-6/h1,10-11,17H,8-9H2,2-6H3/t10-,11+/m0/s1. The van der Waals surface area contributed by atoms with Gasteiger partial charge in [0.2, 0.25) is 0 Å². The van der Waals surface area contributed by atoms with Crippen LogP contribution in [-0.4, -0.2) is 54.5 Å². The number of aliphatic hydroxyl groups excluding tert-OH is 1. The molecule has 1 N–H and O–H groups in total. The second-order valence-corrected chi connectivity index (χ2v) is 6.50. The van der Waals surface area contributed by atoms with E-state index in [4.69, 9.17) is 15.9 Å². The second kappa shape index (κ2) is 5.94. The second-order valence-electron chi connectivity index (χ2n) is 6.50. The first-order valence-electron chi connectivity index (χ1n) is 6.74. The smallest absolute Gasteiger partial charge is 0.410 e. The SMILES string of the molecule is C#CC(C)(C)COC(=O)N1C[C@H](O)C(C)(C)[C@H]1C(=O)OC. The molecule has 1 aliphatic rings. The average Bonchev–Trinajstić information content (AvgIpc) is 2.66. The van der Waals surface area contributed by atoms with E-state index in [1.54, 1.807) is 27.7 Å². The van der Waals surface area contributed by atoms with Crippen LogP contribution in [-0.2, 0) is 14.3 Å². The quantitative estimate of drug-likeness (QED) is 0.622. The molecule has 1 rings (SSSR count). The van der Waals surface area contributed by atoms with Gasteiger partial charge in [0.25, 0.3) is 0 Å². The number of methoxy groups -OCH3 is 1. The van der Waals surface area contributed by atoms with E-state index in [2.05, 4.69) is 5.92 Å². The number of nitrogens with zero attached hydrogens (tertiary/aromatic N) is 1. The van der Waals surface area contributed by atoms with Gasteiger partial charge in [0.05, 0.1) is 25.2 Å². The predicted octanol–water partition coefficient (Wildman–Crippen LogP) is 1.03. The van der Waals surface area contributed by atoms with Crippen LogP contribution in [0, 0.1) is 23.2 Å². The predicted molar refractivity (Wildman–Crippen MR) is 76.3 cm³/mol. The lowest BCUT2D eigenvalue weighted by Gasteiger charge is -2.30. The number of β-amino-alcohol motifs (C(OH)–C–C–N with tert-alkyl or cyclic N) is 1. The van der Waals surface area contributed by atoms with Crippen molar-refractivity contribution in [3.05, 3.63) is 0 Å². The lowest BCUT2D eigenvalue weighted by Crippen LogP contribution is -2.48. The van der Waals surface area contributed by atoms with Gasteiger partial charge in [-0.1, -0.05) is 19.8 Å². The Hall–Kier alpha value is -1.74. The number of hydrogen-bond acceptors (Lipinski definition) is 5. The summed E-state index contributed by atoms with van der Waals surface area (Å²) in [5, 5.41) is 10.1. The summed E-state index contributed by atoms with van der Waals surface area (Å²) in [5.41, 5.74) is -1.40. The van der Waals surface area contributed by atoms with Gasteiger partial charge in [0, 0.05) is 5.41 Å². The highest BCUT2D eigenvalue weighted by molar-refractivity contribution is 5.83. The van der Waals surface area contributed by atoms with Crippen molar-refractivity contribution in [3.8, 4) is 12.3 Å². The molecule has 0 radical (unpaired) electrons. The molecule has 1 fully saturated rings.